The molecule has 39 heavy (non-hydrogen) atoms. The van der Waals surface area contributed by atoms with Gasteiger partial charge in [0.2, 0.25) is 0 Å². The largest absolute Gasteiger partial charge is 0.264 e. The maximum Gasteiger partial charge on any atom is 0.0736 e. The van der Waals surface area contributed by atoms with Gasteiger partial charge in [0.25, 0.3) is 0 Å². The summed E-state index contributed by atoms with van der Waals surface area (Å²) in [7, 11) is 0. The van der Waals surface area contributed by atoms with Crippen LogP contribution in [0.25, 0.3) is 32.4 Å². The molecule has 0 spiro atoms. The molecule has 0 aliphatic heterocycles. The van der Waals surface area contributed by atoms with Crippen LogP contribution in [0.3, 0.4) is 0 Å². The monoisotopic (exact) mass is 513 g/mol. The Balaban J connectivity index is 0.000000136. The minimum absolute atomic E-state index is 0.540. The maximum atomic E-state index is 4.40. The smallest absolute Gasteiger partial charge is 0.0736 e. The van der Waals surface area contributed by atoms with Crippen LogP contribution in [0.1, 0.15) is 76.0 Å². The van der Waals surface area contributed by atoms with E-state index in [2.05, 4.69) is 129 Å². The van der Waals surface area contributed by atoms with Crippen molar-refractivity contribution >= 4 is 32.4 Å². The van der Waals surface area contributed by atoms with Crippen molar-refractivity contribution in [2.45, 2.75) is 59.3 Å². The van der Waals surface area contributed by atoms with E-state index in [1.807, 2.05) is 37.1 Å². The predicted molar refractivity (Wildman–Crippen MR) is 167 cm³/mol. The van der Waals surface area contributed by atoms with Crippen LogP contribution in [0.5, 0.6) is 0 Å². The van der Waals surface area contributed by atoms with E-state index in [-0.39, 0.29) is 0 Å². The molecule has 0 saturated heterocycles. The van der Waals surface area contributed by atoms with Gasteiger partial charge < -0.3 is 0 Å². The third-order valence-corrected chi connectivity index (χ3v) is 6.96. The summed E-state index contributed by atoms with van der Waals surface area (Å²) < 4.78 is 0. The van der Waals surface area contributed by atoms with E-state index >= 15 is 0 Å². The summed E-state index contributed by atoms with van der Waals surface area (Å²) >= 11 is 0. The van der Waals surface area contributed by atoms with Crippen LogP contribution < -0.4 is 0 Å². The summed E-state index contributed by atoms with van der Waals surface area (Å²) in [6, 6.07) is 27.4. The second-order valence-electron chi connectivity index (χ2n) is 10.8. The lowest BCUT2D eigenvalue weighted by Crippen LogP contribution is -1.90. The molecule has 3 heteroatoms. The minimum atomic E-state index is 0.540. The fourth-order valence-electron chi connectivity index (χ4n) is 4.89. The van der Waals surface area contributed by atoms with Crippen molar-refractivity contribution < 1.29 is 0 Å². The van der Waals surface area contributed by atoms with Gasteiger partial charge in [0.05, 0.1) is 5.52 Å². The Labute approximate surface area is 233 Å². The Hall–Kier alpha value is -4.11. The lowest BCUT2D eigenvalue weighted by molar-refractivity contribution is 0.873. The number of para-hydroxylation sites is 1. The molecule has 0 amide bonds. The van der Waals surface area contributed by atoms with Gasteiger partial charge >= 0.3 is 0 Å². The summed E-state index contributed by atoms with van der Waals surface area (Å²) in [5.74, 6) is 1.68. The van der Waals surface area contributed by atoms with E-state index in [1.54, 1.807) is 0 Å². The summed E-state index contributed by atoms with van der Waals surface area (Å²) in [5.41, 5.74) is 5.25. The van der Waals surface area contributed by atoms with Gasteiger partial charge in [-0.3, -0.25) is 15.0 Å². The standard InChI is InChI=1S/3C12H13N/c1-9(2)11-7-3-5-10-6-4-8-13-12(10)11;1-9(2)11-5-3-4-10-8-13-7-6-12(10)11;1-9(2)11-5-3-4-10-6-7-13-8-12(10)11/h3*3-9H,1-2H3. The highest BCUT2D eigenvalue weighted by Crippen LogP contribution is 2.25. The van der Waals surface area contributed by atoms with E-state index in [0.29, 0.717) is 17.8 Å². The lowest BCUT2D eigenvalue weighted by atomic mass is 9.97. The second-order valence-corrected chi connectivity index (χ2v) is 10.8. The van der Waals surface area contributed by atoms with Crippen LogP contribution in [0, 0.1) is 0 Å². The highest BCUT2D eigenvalue weighted by molar-refractivity contribution is 5.86. The molecular weight excluding hydrogens is 474 g/mol. The SMILES string of the molecule is CC(C)c1cccc2cccnc12.CC(C)c1cccc2ccncc12.CC(C)c1cccc2cnccc12. The fraction of sp³-hybridized carbons (Fsp3) is 0.250. The topological polar surface area (TPSA) is 38.7 Å². The molecule has 198 valence electrons. The molecule has 0 aliphatic rings. The first-order valence-electron chi connectivity index (χ1n) is 13.9. The van der Waals surface area contributed by atoms with Crippen molar-refractivity contribution in [2.24, 2.45) is 0 Å². The molecule has 0 radical (unpaired) electrons. The molecule has 3 nitrogen and oxygen atoms in total. The van der Waals surface area contributed by atoms with E-state index in [1.165, 1.54) is 43.6 Å². The first kappa shape index (κ1) is 27.9. The highest BCUT2D eigenvalue weighted by Gasteiger charge is 2.05. The van der Waals surface area contributed by atoms with Gasteiger partial charge in [0, 0.05) is 47.1 Å². The number of fused-ring (bicyclic) bond motifs is 3. The summed E-state index contributed by atoms with van der Waals surface area (Å²) in [6.07, 6.45) is 9.42. The first-order chi connectivity index (χ1) is 18.9. The van der Waals surface area contributed by atoms with Crippen LogP contribution in [-0.2, 0) is 0 Å². The number of pyridine rings is 3. The minimum Gasteiger partial charge on any atom is -0.264 e. The van der Waals surface area contributed by atoms with Gasteiger partial charge in [-0.2, -0.15) is 0 Å². The Kier molecular flexibility index (Phi) is 9.38. The Morgan fingerprint density at radius 1 is 0.436 bits per heavy atom. The molecule has 0 aliphatic carbocycles. The zero-order valence-corrected chi connectivity index (χ0v) is 24.0. The lowest BCUT2D eigenvalue weighted by Gasteiger charge is -2.08. The van der Waals surface area contributed by atoms with Crippen molar-refractivity contribution in [3.63, 3.8) is 0 Å². The van der Waals surface area contributed by atoms with Gasteiger partial charge in [-0.15, -0.1) is 0 Å². The number of hydrogen-bond donors (Lipinski definition) is 0. The Bertz CT molecular complexity index is 1440. The third-order valence-electron chi connectivity index (χ3n) is 6.96. The van der Waals surface area contributed by atoms with Gasteiger partial charge in [-0.05, 0) is 63.4 Å². The maximum absolute atomic E-state index is 4.40. The van der Waals surface area contributed by atoms with Crippen molar-refractivity contribution in [1.29, 1.82) is 0 Å². The highest BCUT2D eigenvalue weighted by atomic mass is 14.6. The number of nitrogens with zero attached hydrogens (tertiary/aromatic N) is 3. The Morgan fingerprint density at radius 3 is 1.67 bits per heavy atom. The third kappa shape index (κ3) is 6.86. The number of aromatic nitrogens is 3. The van der Waals surface area contributed by atoms with Crippen LogP contribution in [0.15, 0.2) is 110 Å². The van der Waals surface area contributed by atoms with Crippen molar-refractivity contribution in [3.05, 3.63) is 127 Å². The van der Waals surface area contributed by atoms with Crippen LogP contribution in [-0.4, -0.2) is 15.0 Å². The molecule has 0 unspecified atom stereocenters. The van der Waals surface area contributed by atoms with Crippen molar-refractivity contribution in [3.8, 4) is 0 Å². The molecule has 3 heterocycles. The zero-order valence-electron chi connectivity index (χ0n) is 24.0. The van der Waals surface area contributed by atoms with Gasteiger partial charge in [0.15, 0.2) is 0 Å². The van der Waals surface area contributed by atoms with Crippen molar-refractivity contribution in [2.75, 3.05) is 0 Å². The molecular formula is C36H39N3. The number of rotatable bonds is 3. The average molecular weight is 514 g/mol. The molecule has 0 fully saturated rings. The number of hydrogen-bond acceptors (Lipinski definition) is 3. The summed E-state index contributed by atoms with van der Waals surface area (Å²) in [4.78, 5) is 12.7. The van der Waals surface area contributed by atoms with E-state index < -0.39 is 0 Å². The van der Waals surface area contributed by atoms with Gasteiger partial charge in [0.1, 0.15) is 0 Å². The van der Waals surface area contributed by atoms with E-state index in [0.717, 1.165) is 5.52 Å². The zero-order chi connectivity index (χ0) is 27.8. The molecule has 3 aromatic heterocycles. The molecule has 0 atom stereocenters. The molecule has 0 saturated carbocycles. The second kappa shape index (κ2) is 13.1. The fourth-order valence-corrected chi connectivity index (χ4v) is 4.89. The van der Waals surface area contributed by atoms with Crippen molar-refractivity contribution in [1.82, 2.24) is 15.0 Å². The predicted octanol–water partition coefficient (Wildman–Crippen LogP) is 10.1. The normalized spacial score (nSPS) is 11.0. The molecule has 0 N–H and O–H groups in total. The summed E-state index contributed by atoms with van der Waals surface area (Å²) in [6.45, 7) is 13.3. The van der Waals surface area contributed by atoms with E-state index in [4.69, 9.17) is 0 Å². The van der Waals surface area contributed by atoms with Crippen LogP contribution in [0.4, 0.5) is 0 Å². The summed E-state index contributed by atoms with van der Waals surface area (Å²) in [5, 5.41) is 6.34. The molecule has 0 bridgehead atoms. The van der Waals surface area contributed by atoms with Crippen LogP contribution in [0.2, 0.25) is 0 Å². The Morgan fingerprint density at radius 2 is 0.974 bits per heavy atom. The molecule has 6 aromatic rings. The molecule has 3 aromatic carbocycles. The van der Waals surface area contributed by atoms with Crippen LogP contribution >= 0.6 is 0 Å². The first-order valence-corrected chi connectivity index (χ1v) is 13.9. The van der Waals surface area contributed by atoms with Gasteiger partial charge in [-0.25, -0.2) is 0 Å². The van der Waals surface area contributed by atoms with E-state index in [9.17, 15) is 0 Å². The molecule has 6 rings (SSSR count). The quantitative estimate of drug-likeness (QED) is 0.236. The average Bonchev–Trinajstić information content (AvgIpc) is 2.96. The number of benzene rings is 3. The van der Waals surface area contributed by atoms with Gasteiger partial charge in [-0.1, -0.05) is 102 Å².